The first-order valence-electron chi connectivity index (χ1n) is 4.54. The summed E-state index contributed by atoms with van der Waals surface area (Å²) in [4.78, 5) is 9.96. The van der Waals surface area contributed by atoms with Gasteiger partial charge in [-0.3, -0.25) is 10.1 Å². The second-order valence-corrected chi connectivity index (χ2v) is 2.99. The lowest BCUT2D eigenvalue weighted by Gasteiger charge is -2.02. The number of nitrogens with zero attached hydrogens (tertiary/aromatic N) is 1. The summed E-state index contributed by atoms with van der Waals surface area (Å²) in [6.07, 6.45) is 0.724. The average molecular weight is 211 g/mol. The van der Waals surface area contributed by atoms with Gasteiger partial charge < -0.3 is 9.47 Å². The van der Waals surface area contributed by atoms with E-state index in [9.17, 15) is 10.1 Å². The van der Waals surface area contributed by atoms with Crippen LogP contribution in [0, 0.1) is 10.1 Å². The maximum Gasteiger partial charge on any atom is 0.269 e. The third-order valence-electron chi connectivity index (χ3n) is 1.88. The lowest BCUT2D eigenvalue weighted by molar-refractivity contribution is -0.384. The molecule has 0 atom stereocenters. The molecule has 5 nitrogen and oxygen atoms in total. The van der Waals surface area contributed by atoms with Crippen LogP contribution in [0.1, 0.15) is 5.56 Å². The van der Waals surface area contributed by atoms with Gasteiger partial charge in [0, 0.05) is 19.2 Å². The van der Waals surface area contributed by atoms with Crippen molar-refractivity contribution in [2.75, 3.05) is 20.5 Å². The largest absolute Gasteiger partial charge is 0.359 e. The maximum atomic E-state index is 10.4. The zero-order valence-corrected chi connectivity index (χ0v) is 8.51. The fourth-order valence-corrected chi connectivity index (χ4v) is 1.12. The van der Waals surface area contributed by atoms with Crippen molar-refractivity contribution in [2.45, 2.75) is 6.42 Å². The Morgan fingerprint density at radius 2 is 2.00 bits per heavy atom. The molecule has 1 aromatic carbocycles. The molecule has 1 aromatic rings. The van der Waals surface area contributed by atoms with Crippen LogP contribution in [0.4, 0.5) is 5.69 Å². The number of non-ortho nitro benzene ring substituents is 1. The van der Waals surface area contributed by atoms with Crippen molar-refractivity contribution in [3.8, 4) is 0 Å². The van der Waals surface area contributed by atoms with Gasteiger partial charge in [-0.15, -0.1) is 0 Å². The molecule has 5 heteroatoms. The van der Waals surface area contributed by atoms with E-state index in [4.69, 9.17) is 9.47 Å². The minimum atomic E-state index is -0.412. The number of nitro benzene ring substituents is 1. The van der Waals surface area contributed by atoms with Gasteiger partial charge in [0.15, 0.2) is 0 Å². The molecule has 0 fully saturated rings. The monoisotopic (exact) mass is 211 g/mol. The number of methoxy groups -OCH3 is 1. The van der Waals surface area contributed by atoms with Crippen molar-refractivity contribution in [1.29, 1.82) is 0 Å². The van der Waals surface area contributed by atoms with Gasteiger partial charge in [-0.1, -0.05) is 12.1 Å². The number of hydrogen-bond donors (Lipinski definition) is 0. The molecule has 0 aliphatic heterocycles. The molecule has 0 N–H and O–H groups in total. The third kappa shape index (κ3) is 4.05. The fourth-order valence-electron chi connectivity index (χ4n) is 1.12. The van der Waals surface area contributed by atoms with Crippen molar-refractivity contribution >= 4 is 5.69 Å². The second kappa shape index (κ2) is 6.10. The fraction of sp³-hybridized carbons (Fsp3) is 0.400. The highest BCUT2D eigenvalue weighted by atomic mass is 16.7. The van der Waals surface area contributed by atoms with Gasteiger partial charge in [0.25, 0.3) is 5.69 Å². The van der Waals surface area contributed by atoms with Crippen molar-refractivity contribution in [1.82, 2.24) is 0 Å². The van der Waals surface area contributed by atoms with E-state index in [2.05, 4.69) is 0 Å². The van der Waals surface area contributed by atoms with E-state index in [1.54, 1.807) is 19.2 Å². The molecule has 0 heterocycles. The van der Waals surface area contributed by atoms with Crippen LogP contribution in [-0.4, -0.2) is 25.4 Å². The third-order valence-corrected chi connectivity index (χ3v) is 1.88. The van der Waals surface area contributed by atoms with Crippen LogP contribution >= 0.6 is 0 Å². The minimum Gasteiger partial charge on any atom is -0.359 e. The average Bonchev–Trinajstić information content (AvgIpc) is 2.25. The Morgan fingerprint density at radius 3 is 2.53 bits per heavy atom. The Kier molecular flexibility index (Phi) is 4.73. The van der Waals surface area contributed by atoms with E-state index < -0.39 is 4.92 Å². The molecular weight excluding hydrogens is 198 g/mol. The van der Waals surface area contributed by atoms with E-state index in [-0.39, 0.29) is 12.5 Å². The van der Waals surface area contributed by atoms with Gasteiger partial charge in [-0.2, -0.15) is 0 Å². The van der Waals surface area contributed by atoms with Crippen molar-refractivity contribution in [2.24, 2.45) is 0 Å². The molecule has 0 saturated carbocycles. The van der Waals surface area contributed by atoms with Crippen LogP contribution in [0.3, 0.4) is 0 Å². The highest BCUT2D eigenvalue weighted by molar-refractivity contribution is 5.32. The molecular formula is C10H13NO4. The SMILES string of the molecule is COCOCCc1ccc([N+](=O)[O-])cc1. The van der Waals surface area contributed by atoms with Crippen LogP contribution in [0.2, 0.25) is 0 Å². The Bertz CT molecular complexity index is 310. The van der Waals surface area contributed by atoms with Crippen molar-refractivity contribution in [3.63, 3.8) is 0 Å². The molecule has 82 valence electrons. The van der Waals surface area contributed by atoms with E-state index in [0.29, 0.717) is 6.61 Å². The van der Waals surface area contributed by atoms with Crippen LogP contribution in [0.25, 0.3) is 0 Å². The predicted molar refractivity (Wildman–Crippen MR) is 54.6 cm³/mol. The second-order valence-electron chi connectivity index (χ2n) is 2.99. The smallest absolute Gasteiger partial charge is 0.269 e. The Balaban J connectivity index is 2.39. The summed E-state index contributed by atoms with van der Waals surface area (Å²) in [6, 6.07) is 6.44. The molecule has 0 unspecified atom stereocenters. The van der Waals surface area contributed by atoms with Gasteiger partial charge in [0.05, 0.1) is 11.5 Å². The zero-order chi connectivity index (χ0) is 11.1. The molecule has 0 radical (unpaired) electrons. The number of benzene rings is 1. The molecule has 1 rings (SSSR count). The summed E-state index contributed by atoms with van der Waals surface area (Å²) in [6.45, 7) is 0.818. The van der Waals surface area contributed by atoms with E-state index in [1.165, 1.54) is 12.1 Å². The lowest BCUT2D eigenvalue weighted by Crippen LogP contribution is -2.01. The molecule has 0 aromatic heterocycles. The molecule has 0 spiro atoms. The van der Waals surface area contributed by atoms with Gasteiger partial charge in [-0.25, -0.2) is 0 Å². The van der Waals surface area contributed by atoms with E-state index in [0.717, 1.165) is 12.0 Å². The van der Waals surface area contributed by atoms with Crippen molar-refractivity contribution in [3.05, 3.63) is 39.9 Å². The van der Waals surface area contributed by atoms with Gasteiger partial charge in [0.1, 0.15) is 6.79 Å². The maximum absolute atomic E-state index is 10.4. The zero-order valence-electron chi connectivity index (χ0n) is 8.51. The molecule has 15 heavy (non-hydrogen) atoms. The highest BCUT2D eigenvalue weighted by Gasteiger charge is 2.03. The van der Waals surface area contributed by atoms with Crippen LogP contribution in [0.5, 0.6) is 0 Å². The van der Waals surface area contributed by atoms with Crippen LogP contribution in [-0.2, 0) is 15.9 Å². The van der Waals surface area contributed by atoms with Gasteiger partial charge in [0.2, 0.25) is 0 Å². The first-order valence-corrected chi connectivity index (χ1v) is 4.54. The minimum absolute atomic E-state index is 0.108. The number of nitro groups is 1. The van der Waals surface area contributed by atoms with Gasteiger partial charge in [-0.05, 0) is 12.0 Å². The quantitative estimate of drug-likeness (QED) is 0.311. The molecule has 0 aliphatic rings. The summed E-state index contributed by atoms with van der Waals surface area (Å²) in [5, 5.41) is 10.4. The number of rotatable bonds is 6. The first kappa shape index (κ1) is 11.6. The number of ether oxygens (including phenoxy) is 2. The van der Waals surface area contributed by atoms with E-state index >= 15 is 0 Å². The molecule has 0 amide bonds. The standard InChI is InChI=1S/C10H13NO4/c1-14-8-15-7-6-9-2-4-10(5-3-9)11(12)13/h2-5H,6-8H2,1H3. The Morgan fingerprint density at radius 1 is 1.33 bits per heavy atom. The molecule has 0 aliphatic carbocycles. The van der Waals surface area contributed by atoms with Crippen molar-refractivity contribution < 1.29 is 14.4 Å². The summed E-state index contributed by atoms with van der Waals surface area (Å²) in [5.41, 5.74) is 1.12. The van der Waals surface area contributed by atoms with E-state index in [1.807, 2.05) is 0 Å². The topological polar surface area (TPSA) is 61.6 Å². The lowest BCUT2D eigenvalue weighted by atomic mass is 10.1. The highest BCUT2D eigenvalue weighted by Crippen LogP contribution is 2.12. The Labute approximate surface area is 87.8 Å². The Hall–Kier alpha value is -1.46. The molecule has 0 bridgehead atoms. The normalized spacial score (nSPS) is 10.2. The predicted octanol–water partition coefficient (Wildman–Crippen LogP) is 1.76. The summed E-state index contributed by atoms with van der Waals surface area (Å²) in [5.74, 6) is 0. The van der Waals surface area contributed by atoms with Crippen LogP contribution < -0.4 is 0 Å². The molecule has 0 saturated heterocycles. The summed E-state index contributed by atoms with van der Waals surface area (Å²) in [7, 11) is 1.56. The summed E-state index contributed by atoms with van der Waals surface area (Å²) >= 11 is 0. The van der Waals surface area contributed by atoms with Gasteiger partial charge >= 0.3 is 0 Å². The summed E-state index contributed by atoms with van der Waals surface area (Å²) < 4.78 is 9.83. The number of hydrogen-bond acceptors (Lipinski definition) is 4. The van der Waals surface area contributed by atoms with Crippen LogP contribution in [0.15, 0.2) is 24.3 Å². The first-order chi connectivity index (χ1) is 7.24.